The summed E-state index contributed by atoms with van der Waals surface area (Å²) in [5, 5.41) is 3.36. The van der Waals surface area contributed by atoms with Gasteiger partial charge in [-0.3, -0.25) is 4.99 Å². The molecule has 2 nitrogen and oxygen atoms in total. The average Bonchev–Trinajstić information content (AvgIpc) is 2.60. The van der Waals surface area contributed by atoms with Gasteiger partial charge in [0.2, 0.25) is 0 Å². The number of allylic oxidation sites excluding steroid dienone is 3. The van der Waals surface area contributed by atoms with E-state index in [-0.39, 0.29) is 0 Å². The molecule has 0 bridgehead atoms. The summed E-state index contributed by atoms with van der Waals surface area (Å²) in [6.07, 6.45) is 9.72. The van der Waals surface area contributed by atoms with Gasteiger partial charge in [0.25, 0.3) is 0 Å². The maximum atomic E-state index is 4.54. The van der Waals surface area contributed by atoms with Crippen molar-refractivity contribution in [3.63, 3.8) is 0 Å². The largest absolute Gasteiger partial charge is 0.361 e. The molecule has 0 saturated heterocycles. The van der Waals surface area contributed by atoms with E-state index in [1.54, 1.807) is 0 Å². The fraction of sp³-hybridized carbons (Fsp3) is 0.150. The van der Waals surface area contributed by atoms with Gasteiger partial charge in [0.1, 0.15) is 0 Å². The molecule has 1 aliphatic rings. The van der Waals surface area contributed by atoms with Crippen LogP contribution >= 0.6 is 0 Å². The molecule has 0 amide bonds. The molecule has 1 N–H and O–H groups in total. The van der Waals surface area contributed by atoms with Crippen molar-refractivity contribution in [2.75, 3.05) is 5.32 Å². The number of nitrogens with zero attached hydrogens (tertiary/aromatic N) is 1. The maximum Gasteiger partial charge on any atom is 0.0629 e. The van der Waals surface area contributed by atoms with Gasteiger partial charge in [-0.2, -0.15) is 0 Å². The summed E-state index contributed by atoms with van der Waals surface area (Å²) < 4.78 is 0. The molecule has 0 spiro atoms. The number of hydrogen-bond donors (Lipinski definition) is 1. The van der Waals surface area contributed by atoms with E-state index in [1.807, 2.05) is 54.7 Å². The molecule has 22 heavy (non-hydrogen) atoms. The minimum absolute atomic E-state index is 1.00. The van der Waals surface area contributed by atoms with Gasteiger partial charge >= 0.3 is 0 Å². The van der Waals surface area contributed by atoms with Crippen LogP contribution in [0.3, 0.4) is 0 Å². The highest BCUT2D eigenvalue weighted by atomic mass is 14.8. The Hall–Kier alpha value is -2.61. The van der Waals surface area contributed by atoms with Crippen LogP contribution in [0.25, 0.3) is 0 Å². The minimum atomic E-state index is 1.00. The number of anilines is 1. The normalized spacial score (nSPS) is 16.7. The molecule has 0 aromatic heterocycles. The second-order valence-corrected chi connectivity index (χ2v) is 5.40. The molecular weight excluding hydrogens is 268 g/mol. The van der Waals surface area contributed by atoms with Gasteiger partial charge in [0, 0.05) is 18.1 Å². The Morgan fingerprint density at radius 2 is 1.59 bits per heavy atom. The summed E-state index contributed by atoms with van der Waals surface area (Å²) in [6, 6.07) is 20.3. The molecule has 0 unspecified atom stereocenters. The van der Waals surface area contributed by atoms with Crippen molar-refractivity contribution in [3.8, 4) is 0 Å². The van der Waals surface area contributed by atoms with Gasteiger partial charge < -0.3 is 5.32 Å². The van der Waals surface area contributed by atoms with Crippen LogP contribution in [0.2, 0.25) is 0 Å². The maximum absolute atomic E-state index is 4.54. The fourth-order valence-electron chi connectivity index (χ4n) is 2.48. The molecular formula is C20H20N2. The van der Waals surface area contributed by atoms with Crippen molar-refractivity contribution >= 4 is 17.6 Å². The van der Waals surface area contributed by atoms with E-state index in [1.165, 1.54) is 17.6 Å². The lowest BCUT2D eigenvalue weighted by Gasteiger charge is -2.12. The van der Waals surface area contributed by atoms with Crippen LogP contribution in [0.15, 0.2) is 89.1 Å². The molecule has 0 fully saturated rings. The Bertz CT molecular complexity index is 682. The standard InChI is InChI=1S/C20H20N2/c1-3-10-19(11-4-1)21-15-17-8-7-9-18(14-17)16-22-20-12-5-2-6-13-20/h1-6,10-16,21H,7-9H2/b17-15+,22-16+. The summed E-state index contributed by atoms with van der Waals surface area (Å²) in [6.45, 7) is 0. The van der Waals surface area contributed by atoms with E-state index in [0.29, 0.717) is 0 Å². The second-order valence-electron chi connectivity index (χ2n) is 5.40. The SMILES string of the molecule is C1=C(/C=N/c2ccccc2)CCC/C1=C\Nc1ccccc1. The van der Waals surface area contributed by atoms with Crippen LogP contribution in [0.5, 0.6) is 0 Å². The lowest BCUT2D eigenvalue weighted by molar-refractivity contribution is 0.806. The zero-order valence-corrected chi connectivity index (χ0v) is 12.6. The summed E-state index contributed by atoms with van der Waals surface area (Å²) in [4.78, 5) is 4.54. The van der Waals surface area contributed by atoms with E-state index in [9.17, 15) is 0 Å². The number of aliphatic imine (C=N–C) groups is 1. The lowest BCUT2D eigenvalue weighted by Crippen LogP contribution is -1.98. The summed E-state index contributed by atoms with van der Waals surface area (Å²) in [5.74, 6) is 0. The van der Waals surface area contributed by atoms with Crippen LogP contribution in [-0.2, 0) is 0 Å². The van der Waals surface area contributed by atoms with Crippen LogP contribution in [0, 0.1) is 0 Å². The number of benzene rings is 2. The highest BCUT2D eigenvalue weighted by molar-refractivity contribution is 5.82. The molecule has 1 aliphatic carbocycles. The van der Waals surface area contributed by atoms with Crippen LogP contribution in [0.1, 0.15) is 19.3 Å². The summed E-state index contributed by atoms with van der Waals surface area (Å²) in [5.41, 5.74) is 4.73. The predicted molar refractivity (Wildman–Crippen MR) is 94.7 cm³/mol. The van der Waals surface area contributed by atoms with Gasteiger partial charge in [0.05, 0.1) is 5.69 Å². The third-order valence-corrected chi connectivity index (χ3v) is 3.64. The third kappa shape index (κ3) is 4.19. The smallest absolute Gasteiger partial charge is 0.0629 e. The zero-order chi connectivity index (χ0) is 15.0. The van der Waals surface area contributed by atoms with Crippen LogP contribution < -0.4 is 5.32 Å². The van der Waals surface area contributed by atoms with Crippen molar-refractivity contribution in [3.05, 3.63) is 84.1 Å². The number of rotatable bonds is 4. The van der Waals surface area contributed by atoms with Gasteiger partial charge in [-0.15, -0.1) is 0 Å². The Morgan fingerprint density at radius 3 is 2.36 bits per heavy atom. The topological polar surface area (TPSA) is 24.4 Å². The highest BCUT2D eigenvalue weighted by Gasteiger charge is 2.05. The van der Waals surface area contributed by atoms with Crippen molar-refractivity contribution < 1.29 is 0 Å². The van der Waals surface area contributed by atoms with E-state index < -0.39 is 0 Å². The molecule has 0 atom stereocenters. The first kappa shape index (κ1) is 14.3. The van der Waals surface area contributed by atoms with Gasteiger partial charge in [-0.05, 0) is 54.7 Å². The third-order valence-electron chi connectivity index (χ3n) is 3.64. The van der Waals surface area contributed by atoms with Crippen LogP contribution in [-0.4, -0.2) is 6.21 Å². The lowest BCUT2D eigenvalue weighted by atomic mass is 9.96. The summed E-state index contributed by atoms with van der Waals surface area (Å²) >= 11 is 0. The van der Waals surface area contributed by atoms with Crippen molar-refractivity contribution in [2.45, 2.75) is 19.3 Å². The predicted octanol–water partition coefficient (Wildman–Crippen LogP) is 5.50. The van der Waals surface area contributed by atoms with Crippen molar-refractivity contribution in [1.29, 1.82) is 0 Å². The Balaban J connectivity index is 1.68. The molecule has 3 rings (SSSR count). The molecule has 0 heterocycles. The Morgan fingerprint density at radius 1 is 0.864 bits per heavy atom. The first-order valence-electron chi connectivity index (χ1n) is 7.70. The Labute approximate surface area is 131 Å². The molecule has 0 saturated carbocycles. The number of hydrogen-bond acceptors (Lipinski definition) is 2. The molecule has 2 heteroatoms. The molecule has 2 aromatic rings. The highest BCUT2D eigenvalue weighted by Crippen LogP contribution is 2.22. The van der Waals surface area contributed by atoms with Gasteiger partial charge in [0.15, 0.2) is 0 Å². The quantitative estimate of drug-likeness (QED) is 0.738. The number of para-hydroxylation sites is 2. The van der Waals surface area contributed by atoms with Gasteiger partial charge in [-0.25, -0.2) is 0 Å². The van der Waals surface area contributed by atoms with E-state index in [2.05, 4.69) is 34.7 Å². The Kier molecular flexibility index (Phi) is 4.83. The zero-order valence-electron chi connectivity index (χ0n) is 12.6. The monoisotopic (exact) mass is 288 g/mol. The van der Waals surface area contributed by atoms with E-state index in [0.717, 1.165) is 24.2 Å². The van der Waals surface area contributed by atoms with Gasteiger partial charge in [-0.1, -0.05) is 42.5 Å². The minimum Gasteiger partial charge on any atom is -0.361 e. The van der Waals surface area contributed by atoms with E-state index >= 15 is 0 Å². The summed E-state index contributed by atoms with van der Waals surface area (Å²) in [7, 11) is 0. The van der Waals surface area contributed by atoms with Crippen LogP contribution in [0.4, 0.5) is 11.4 Å². The molecule has 0 aliphatic heterocycles. The molecule has 2 aromatic carbocycles. The average molecular weight is 288 g/mol. The molecule has 0 radical (unpaired) electrons. The van der Waals surface area contributed by atoms with E-state index in [4.69, 9.17) is 0 Å². The van der Waals surface area contributed by atoms with Crippen molar-refractivity contribution in [1.82, 2.24) is 0 Å². The van der Waals surface area contributed by atoms with Crippen molar-refractivity contribution in [2.24, 2.45) is 4.99 Å². The number of nitrogens with one attached hydrogen (secondary N) is 1. The second kappa shape index (κ2) is 7.41. The molecule has 110 valence electrons. The first-order valence-corrected chi connectivity index (χ1v) is 7.70. The first-order chi connectivity index (χ1) is 10.9. The fourth-order valence-corrected chi connectivity index (χ4v) is 2.48.